The maximum atomic E-state index is 10.1. The van der Waals surface area contributed by atoms with Gasteiger partial charge in [-0.3, -0.25) is 0 Å². The number of hydrogen-bond acceptors (Lipinski definition) is 2. The van der Waals surface area contributed by atoms with Crippen molar-refractivity contribution in [3.63, 3.8) is 0 Å². The second-order valence-corrected chi connectivity index (χ2v) is 13.7. The molecule has 0 spiro atoms. The normalized spacial score (nSPS) is 12.4. The molecule has 0 heterocycles. The van der Waals surface area contributed by atoms with Gasteiger partial charge in [0, 0.05) is 10.5 Å². The van der Waals surface area contributed by atoms with Gasteiger partial charge in [-0.25, -0.2) is 0 Å². The van der Waals surface area contributed by atoms with E-state index in [2.05, 4.69) is 70.3 Å². The number of rotatable bonds is 4. The van der Waals surface area contributed by atoms with E-state index in [0.717, 1.165) is 10.9 Å². The highest BCUT2D eigenvalue weighted by Crippen LogP contribution is 2.34. The topological polar surface area (TPSA) is 20.2 Å². The molecule has 1 nitrogen and oxygen atoms in total. The van der Waals surface area contributed by atoms with Gasteiger partial charge in [-0.15, -0.1) is 11.8 Å². The Kier molecular flexibility index (Phi) is 5.08. The first-order valence-electron chi connectivity index (χ1n) is 7.72. The zero-order valence-electron chi connectivity index (χ0n) is 14.2. The highest BCUT2D eigenvalue weighted by atomic mass is 32.2. The predicted octanol–water partition coefficient (Wildman–Crippen LogP) is 4.94. The van der Waals surface area contributed by atoms with Crippen LogP contribution in [0.2, 0.25) is 13.1 Å². The van der Waals surface area contributed by atoms with Gasteiger partial charge in [-0.05, 0) is 29.0 Å². The smallest absolute Gasteiger partial charge is 0.119 e. The van der Waals surface area contributed by atoms with Crippen LogP contribution < -0.4 is 5.19 Å². The first kappa shape index (κ1) is 17.2. The number of hydrogen-bond donors (Lipinski definition) is 1. The van der Waals surface area contributed by atoms with E-state index < -0.39 is 8.07 Å². The molecule has 0 radical (unpaired) electrons. The van der Waals surface area contributed by atoms with Gasteiger partial charge in [0.2, 0.25) is 0 Å². The molecule has 0 aromatic heterocycles. The van der Waals surface area contributed by atoms with Gasteiger partial charge >= 0.3 is 0 Å². The van der Waals surface area contributed by atoms with Crippen molar-refractivity contribution in [2.24, 2.45) is 0 Å². The Balaban J connectivity index is 2.15. The third-order valence-electron chi connectivity index (χ3n) is 3.93. The lowest BCUT2D eigenvalue weighted by molar-refractivity contribution is 0.446. The van der Waals surface area contributed by atoms with Crippen LogP contribution in [0.5, 0.6) is 5.75 Å². The summed E-state index contributed by atoms with van der Waals surface area (Å²) < 4.78 is 0. The molecule has 0 aliphatic rings. The number of benzene rings is 2. The molecule has 0 aliphatic heterocycles. The van der Waals surface area contributed by atoms with Crippen LogP contribution in [-0.2, 0) is 5.41 Å². The van der Waals surface area contributed by atoms with Crippen molar-refractivity contribution in [3.8, 4) is 5.75 Å². The summed E-state index contributed by atoms with van der Waals surface area (Å²) in [7, 11) is -1.44. The number of phenols is 1. The molecule has 0 fully saturated rings. The fourth-order valence-corrected chi connectivity index (χ4v) is 6.68. The molecule has 0 atom stereocenters. The summed E-state index contributed by atoms with van der Waals surface area (Å²) in [6, 6.07) is 16.9. The van der Waals surface area contributed by atoms with Gasteiger partial charge in [-0.1, -0.05) is 69.4 Å². The zero-order chi connectivity index (χ0) is 16.4. The van der Waals surface area contributed by atoms with E-state index in [1.807, 2.05) is 23.9 Å². The summed E-state index contributed by atoms with van der Waals surface area (Å²) in [5, 5.41) is 12.7. The Hall–Kier alpha value is -1.19. The van der Waals surface area contributed by atoms with Crippen molar-refractivity contribution in [1.29, 1.82) is 0 Å². The second-order valence-electron chi connectivity index (χ2n) is 7.47. The molecule has 2 rings (SSSR count). The molecular formula is C19H26OSSi. The lowest BCUT2D eigenvalue weighted by Crippen LogP contribution is -2.44. The van der Waals surface area contributed by atoms with Crippen LogP contribution in [0.1, 0.15) is 26.3 Å². The molecule has 0 unspecified atom stereocenters. The second kappa shape index (κ2) is 6.51. The monoisotopic (exact) mass is 330 g/mol. The van der Waals surface area contributed by atoms with Crippen molar-refractivity contribution in [2.75, 3.05) is 5.38 Å². The van der Waals surface area contributed by atoms with E-state index >= 15 is 0 Å². The van der Waals surface area contributed by atoms with Gasteiger partial charge in [0.05, 0.1) is 8.07 Å². The van der Waals surface area contributed by atoms with E-state index in [1.165, 1.54) is 10.1 Å². The van der Waals surface area contributed by atoms with Crippen molar-refractivity contribution >= 4 is 25.0 Å². The van der Waals surface area contributed by atoms with E-state index in [0.29, 0.717) is 5.75 Å². The molecule has 0 aliphatic carbocycles. The predicted molar refractivity (Wildman–Crippen MR) is 101 cm³/mol. The molecular weight excluding hydrogens is 304 g/mol. The summed E-state index contributed by atoms with van der Waals surface area (Å²) >= 11 is 1.91. The highest BCUT2D eigenvalue weighted by molar-refractivity contribution is 8.01. The molecule has 3 heteroatoms. The van der Waals surface area contributed by atoms with Gasteiger partial charge in [0.1, 0.15) is 5.75 Å². The zero-order valence-corrected chi connectivity index (χ0v) is 16.0. The Bertz CT molecular complexity index is 630. The molecule has 2 aromatic carbocycles. The minimum absolute atomic E-state index is 0.0347. The standard InChI is InChI=1S/C19H26OSSi/c1-19(2,3)17-13-15(11-12-18(17)20)21-14-22(4,5)16-9-7-6-8-10-16/h6-13,20H,14H2,1-5H3. The summed E-state index contributed by atoms with van der Waals surface area (Å²) in [6.45, 7) is 11.2. The fourth-order valence-electron chi connectivity index (χ4n) is 2.44. The van der Waals surface area contributed by atoms with Gasteiger partial charge < -0.3 is 5.11 Å². The lowest BCUT2D eigenvalue weighted by Gasteiger charge is -2.24. The first-order valence-corrected chi connectivity index (χ1v) is 11.9. The molecule has 118 valence electrons. The number of phenolic OH excluding ortho intramolecular Hbond substituents is 1. The molecule has 1 N–H and O–H groups in total. The Morgan fingerprint density at radius 3 is 2.23 bits per heavy atom. The first-order chi connectivity index (χ1) is 10.2. The van der Waals surface area contributed by atoms with Crippen LogP contribution in [-0.4, -0.2) is 18.6 Å². The minimum Gasteiger partial charge on any atom is -0.508 e. The van der Waals surface area contributed by atoms with E-state index in [-0.39, 0.29) is 5.41 Å². The minimum atomic E-state index is -1.44. The summed E-state index contributed by atoms with van der Waals surface area (Å²) in [5.41, 5.74) is 0.990. The van der Waals surface area contributed by atoms with Crippen LogP contribution >= 0.6 is 11.8 Å². The lowest BCUT2D eigenvalue weighted by atomic mass is 9.86. The maximum Gasteiger partial charge on any atom is 0.119 e. The van der Waals surface area contributed by atoms with Gasteiger partial charge in [0.25, 0.3) is 0 Å². The summed E-state index contributed by atoms with van der Waals surface area (Å²) in [5.74, 6) is 0.399. The van der Waals surface area contributed by atoms with Crippen molar-refractivity contribution in [3.05, 3.63) is 54.1 Å². The van der Waals surface area contributed by atoms with Crippen LogP contribution in [0.4, 0.5) is 0 Å². The quantitative estimate of drug-likeness (QED) is 0.633. The number of aromatic hydroxyl groups is 1. The summed E-state index contributed by atoms with van der Waals surface area (Å²) in [4.78, 5) is 1.25. The Morgan fingerprint density at radius 2 is 1.64 bits per heavy atom. The largest absolute Gasteiger partial charge is 0.508 e. The average Bonchev–Trinajstić information content (AvgIpc) is 2.46. The van der Waals surface area contributed by atoms with Gasteiger partial charge in [-0.2, -0.15) is 0 Å². The Labute approximate surface area is 139 Å². The van der Waals surface area contributed by atoms with E-state index in [9.17, 15) is 5.11 Å². The molecule has 0 amide bonds. The van der Waals surface area contributed by atoms with Crippen LogP contribution in [0.15, 0.2) is 53.4 Å². The van der Waals surface area contributed by atoms with E-state index in [4.69, 9.17) is 0 Å². The average molecular weight is 331 g/mol. The molecule has 0 saturated heterocycles. The van der Waals surface area contributed by atoms with Crippen molar-refractivity contribution in [2.45, 2.75) is 44.2 Å². The van der Waals surface area contributed by atoms with Gasteiger partial charge in [0.15, 0.2) is 0 Å². The van der Waals surface area contributed by atoms with Crippen LogP contribution in [0.25, 0.3) is 0 Å². The SMILES string of the molecule is CC(C)(C)c1cc(SC[Si](C)(C)c2ccccc2)ccc1O. The third kappa shape index (κ3) is 4.17. The summed E-state index contributed by atoms with van der Waals surface area (Å²) in [6.07, 6.45) is 0. The van der Waals surface area contributed by atoms with Crippen LogP contribution in [0.3, 0.4) is 0 Å². The fraction of sp³-hybridized carbons (Fsp3) is 0.368. The molecule has 2 aromatic rings. The van der Waals surface area contributed by atoms with Crippen LogP contribution in [0, 0.1) is 0 Å². The number of thioether (sulfide) groups is 1. The Morgan fingerprint density at radius 1 is 1.00 bits per heavy atom. The molecule has 22 heavy (non-hydrogen) atoms. The van der Waals surface area contributed by atoms with E-state index in [1.54, 1.807) is 0 Å². The molecule has 0 bridgehead atoms. The molecule has 0 saturated carbocycles. The van der Waals surface area contributed by atoms with Crippen molar-refractivity contribution in [1.82, 2.24) is 0 Å². The maximum absolute atomic E-state index is 10.1. The highest BCUT2D eigenvalue weighted by Gasteiger charge is 2.24. The van der Waals surface area contributed by atoms with Crippen molar-refractivity contribution < 1.29 is 5.11 Å². The third-order valence-corrected chi connectivity index (χ3v) is 9.88.